The van der Waals surface area contributed by atoms with Crippen molar-refractivity contribution < 1.29 is 47.8 Å². The van der Waals surface area contributed by atoms with Crippen molar-refractivity contribution in [2.75, 3.05) is 19.8 Å². The molecule has 4 aromatic rings. The lowest BCUT2D eigenvalue weighted by Crippen LogP contribution is -2.09. The number of rotatable bonds is 22. The largest absolute Gasteiger partial charge is 0.494 e. The summed E-state index contributed by atoms with van der Waals surface area (Å²) in [6.45, 7) is 10.2. The summed E-state index contributed by atoms with van der Waals surface area (Å²) in [4.78, 5) is 45.9. The normalized spacial score (nSPS) is 10.8. The van der Waals surface area contributed by atoms with Crippen LogP contribution in [0.5, 0.6) is 28.7 Å². The van der Waals surface area contributed by atoms with Crippen molar-refractivity contribution in [1.82, 2.24) is 0 Å². The van der Waals surface area contributed by atoms with Gasteiger partial charge in [-0.1, -0.05) is 25.3 Å². The molecule has 0 unspecified atom stereocenters. The number of carbonyl (C=O) groups excluding carboxylic acids is 3. The molecule has 12 heteroatoms. The quantitative estimate of drug-likeness (QED) is 0.0148. The van der Waals surface area contributed by atoms with Gasteiger partial charge in [0.25, 0.3) is 0 Å². The maximum absolute atomic E-state index is 12.5. The van der Waals surface area contributed by atoms with Gasteiger partial charge in [0.05, 0.1) is 37.8 Å². The van der Waals surface area contributed by atoms with Gasteiger partial charge in [-0.2, -0.15) is 15.1 Å². The molecule has 0 bridgehead atoms. The Hall–Kier alpha value is -6.53. The summed E-state index contributed by atoms with van der Waals surface area (Å²) in [7, 11) is 0. The van der Waals surface area contributed by atoms with E-state index in [0.717, 1.165) is 54.2 Å². The highest BCUT2D eigenvalue weighted by Gasteiger charge is 2.11. The van der Waals surface area contributed by atoms with E-state index in [-0.39, 0.29) is 12.6 Å². The lowest BCUT2D eigenvalue weighted by Gasteiger charge is -2.11. The standard InChI is InChI=1S/C42H42N2O10/c1-4-40(45)50-26-10-8-7-9-25-49-35-18-13-32(14-19-35)30-51-54-38-24-15-33(27-39(38)48-6-3)29-44-43-28-31-11-20-37(21-12-31)53-42(47)34-16-22-36(23-17-34)52-41(46)5-2/h4-5,11-24,27-29H,1-2,6-10,25-26,30H2,3H3/b43-28+,44-29+. The SMILES string of the molecule is C=CC(=O)OCCCCCCOc1ccc(COOc2ccc(/C=N/N=C/c3ccc(OC(=O)c4ccc(OC(=O)C=C)cc4)cc3)cc2OCC)cc1. The minimum Gasteiger partial charge on any atom is -0.494 e. The second kappa shape index (κ2) is 22.4. The topological polar surface area (TPSA) is 141 Å². The smallest absolute Gasteiger partial charge is 0.343 e. The average Bonchev–Trinajstić information content (AvgIpc) is 3.19. The Labute approximate surface area is 314 Å². The van der Waals surface area contributed by atoms with Crippen molar-refractivity contribution in [3.63, 3.8) is 0 Å². The van der Waals surface area contributed by atoms with Gasteiger partial charge in [0.1, 0.15) is 23.9 Å². The molecule has 4 aromatic carbocycles. The lowest BCUT2D eigenvalue weighted by atomic mass is 10.2. The summed E-state index contributed by atoms with van der Waals surface area (Å²) in [5.41, 5.74) is 2.68. The third-order valence-corrected chi connectivity index (χ3v) is 7.33. The van der Waals surface area contributed by atoms with Gasteiger partial charge in [-0.25, -0.2) is 14.4 Å². The molecule has 0 atom stereocenters. The van der Waals surface area contributed by atoms with Crippen LogP contribution in [0, 0.1) is 0 Å². The molecule has 0 aromatic heterocycles. The molecule has 0 saturated heterocycles. The maximum Gasteiger partial charge on any atom is 0.343 e. The third kappa shape index (κ3) is 14.2. The van der Waals surface area contributed by atoms with Crippen LogP contribution < -0.4 is 23.8 Å². The highest BCUT2D eigenvalue weighted by Crippen LogP contribution is 2.29. The average molecular weight is 735 g/mol. The number of nitrogens with zero attached hydrogens (tertiary/aromatic N) is 2. The molecule has 0 amide bonds. The van der Waals surface area contributed by atoms with E-state index in [1.165, 1.54) is 30.3 Å². The summed E-state index contributed by atoms with van der Waals surface area (Å²) < 4.78 is 27.0. The van der Waals surface area contributed by atoms with Gasteiger partial charge in [0.15, 0.2) is 5.75 Å². The van der Waals surface area contributed by atoms with E-state index in [4.69, 9.17) is 33.5 Å². The fraction of sp³-hybridized carbons (Fsp3) is 0.214. The first-order valence-electron chi connectivity index (χ1n) is 17.3. The van der Waals surface area contributed by atoms with Gasteiger partial charge in [-0.05, 0) is 128 Å². The van der Waals surface area contributed by atoms with Crippen molar-refractivity contribution in [3.8, 4) is 28.7 Å². The zero-order valence-corrected chi connectivity index (χ0v) is 30.0. The second-order valence-electron chi connectivity index (χ2n) is 11.4. The van der Waals surface area contributed by atoms with Crippen LogP contribution in [-0.4, -0.2) is 50.2 Å². The Morgan fingerprint density at radius 2 is 1.24 bits per heavy atom. The molecule has 280 valence electrons. The number of esters is 3. The Morgan fingerprint density at radius 1 is 0.630 bits per heavy atom. The molecule has 0 aliphatic rings. The summed E-state index contributed by atoms with van der Waals surface area (Å²) in [5.74, 6) is 0.782. The molecule has 0 heterocycles. The predicted octanol–water partition coefficient (Wildman–Crippen LogP) is 8.03. The van der Waals surface area contributed by atoms with Crippen molar-refractivity contribution in [1.29, 1.82) is 0 Å². The van der Waals surface area contributed by atoms with Crippen LogP contribution in [0.4, 0.5) is 0 Å². The molecule has 4 rings (SSSR count). The molecule has 0 fully saturated rings. The number of benzene rings is 4. The number of hydrogen-bond donors (Lipinski definition) is 0. The highest BCUT2D eigenvalue weighted by atomic mass is 17.2. The number of hydrogen-bond acceptors (Lipinski definition) is 12. The van der Waals surface area contributed by atoms with Gasteiger partial charge in [-0.3, -0.25) is 0 Å². The van der Waals surface area contributed by atoms with Crippen LogP contribution in [0.25, 0.3) is 0 Å². The van der Waals surface area contributed by atoms with Crippen molar-refractivity contribution in [2.24, 2.45) is 10.2 Å². The molecular formula is C42H42N2O10. The van der Waals surface area contributed by atoms with Crippen LogP contribution in [-0.2, 0) is 25.8 Å². The van der Waals surface area contributed by atoms with E-state index < -0.39 is 11.9 Å². The Balaban J connectivity index is 1.18. The van der Waals surface area contributed by atoms with Crippen LogP contribution in [0.3, 0.4) is 0 Å². The zero-order chi connectivity index (χ0) is 38.4. The summed E-state index contributed by atoms with van der Waals surface area (Å²) in [5, 5.41) is 8.24. The van der Waals surface area contributed by atoms with Crippen LogP contribution >= 0.6 is 0 Å². The Bertz CT molecular complexity index is 1890. The van der Waals surface area contributed by atoms with Crippen molar-refractivity contribution in [3.05, 3.63) is 139 Å². The fourth-order valence-electron chi connectivity index (χ4n) is 4.57. The number of unbranched alkanes of at least 4 members (excludes halogenated alkanes) is 3. The van der Waals surface area contributed by atoms with Crippen LogP contribution in [0.15, 0.2) is 127 Å². The lowest BCUT2D eigenvalue weighted by molar-refractivity contribution is -0.218. The van der Waals surface area contributed by atoms with Gasteiger partial charge < -0.3 is 28.6 Å². The number of carbonyl (C=O) groups is 3. The monoisotopic (exact) mass is 734 g/mol. The molecule has 0 spiro atoms. The molecule has 54 heavy (non-hydrogen) atoms. The molecule has 0 N–H and O–H groups in total. The van der Waals surface area contributed by atoms with E-state index in [1.807, 2.05) is 31.2 Å². The van der Waals surface area contributed by atoms with E-state index in [9.17, 15) is 14.4 Å². The molecule has 0 aliphatic heterocycles. The first-order chi connectivity index (χ1) is 26.4. The van der Waals surface area contributed by atoms with Crippen LogP contribution in [0.1, 0.15) is 59.7 Å². The minimum atomic E-state index is -0.590. The maximum atomic E-state index is 12.5. The summed E-state index contributed by atoms with van der Waals surface area (Å²) >= 11 is 0. The third-order valence-electron chi connectivity index (χ3n) is 7.33. The highest BCUT2D eigenvalue weighted by molar-refractivity contribution is 5.91. The Kier molecular flexibility index (Phi) is 16.7. The van der Waals surface area contributed by atoms with Gasteiger partial charge in [0.2, 0.25) is 5.75 Å². The summed E-state index contributed by atoms with van der Waals surface area (Å²) in [6, 6.07) is 25.7. The first kappa shape index (κ1) is 40.2. The van der Waals surface area contributed by atoms with Gasteiger partial charge >= 0.3 is 17.9 Å². The van der Waals surface area contributed by atoms with E-state index >= 15 is 0 Å². The predicted molar refractivity (Wildman–Crippen MR) is 203 cm³/mol. The second-order valence-corrected chi connectivity index (χ2v) is 11.4. The molecular weight excluding hydrogens is 692 g/mol. The van der Waals surface area contributed by atoms with Gasteiger partial charge in [-0.15, -0.1) is 0 Å². The molecule has 0 radical (unpaired) electrons. The van der Waals surface area contributed by atoms with E-state index in [2.05, 4.69) is 23.4 Å². The molecule has 0 saturated carbocycles. The summed E-state index contributed by atoms with van der Waals surface area (Å²) in [6.07, 6.45) is 9.03. The van der Waals surface area contributed by atoms with E-state index in [1.54, 1.807) is 54.9 Å². The van der Waals surface area contributed by atoms with Gasteiger partial charge in [0, 0.05) is 12.2 Å². The van der Waals surface area contributed by atoms with Crippen molar-refractivity contribution >= 4 is 30.3 Å². The molecule has 0 aliphatic carbocycles. The first-order valence-corrected chi connectivity index (χ1v) is 17.3. The zero-order valence-electron chi connectivity index (χ0n) is 30.0. The van der Waals surface area contributed by atoms with Crippen LogP contribution in [0.2, 0.25) is 0 Å². The van der Waals surface area contributed by atoms with E-state index in [0.29, 0.717) is 48.4 Å². The minimum absolute atomic E-state index is 0.216. The van der Waals surface area contributed by atoms with Crippen molar-refractivity contribution in [2.45, 2.75) is 39.2 Å². The Morgan fingerprint density at radius 3 is 1.93 bits per heavy atom. The fourth-order valence-corrected chi connectivity index (χ4v) is 4.57. The molecule has 12 nitrogen and oxygen atoms in total. The number of ether oxygens (including phenoxy) is 5.